The molecular weight excluding hydrogens is 348 g/mol. The van der Waals surface area contributed by atoms with Crippen molar-refractivity contribution in [2.24, 2.45) is 0 Å². The molecule has 0 atom stereocenters. The number of sulfonamides is 1. The zero-order valence-corrected chi connectivity index (χ0v) is 16.8. The van der Waals surface area contributed by atoms with Gasteiger partial charge in [-0.1, -0.05) is 18.2 Å². The van der Waals surface area contributed by atoms with Gasteiger partial charge in [0.05, 0.1) is 4.90 Å². The minimum absolute atomic E-state index is 0.124. The number of carbonyl (C=O) groups is 1. The summed E-state index contributed by atoms with van der Waals surface area (Å²) in [5.41, 5.74) is 4.47. The van der Waals surface area contributed by atoms with Crippen LogP contribution in [-0.4, -0.2) is 27.4 Å². The summed E-state index contributed by atoms with van der Waals surface area (Å²) in [7, 11) is -3.62. The number of hydrogen-bond acceptors (Lipinski definition) is 3. The van der Waals surface area contributed by atoms with E-state index in [0.717, 1.165) is 22.4 Å². The first-order valence-corrected chi connectivity index (χ1v) is 10.0. The van der Waals surface area contributed by atoms with E-state index in [-0.39, 0.29) is 23.9 Å². The normalized spacial score (nSPS) is 11.4. The first kappa shape index (κ1) is 20.1. The number of anilines is 1. The first-order valence-electron chi connectivity index (χ1n) is 8.53. The summed E-state index contributed by atoms with van der Waals surface area (Å²) < 4.78 is 27.8. The Morgan fingerprint density at radius 2 is 1.58 bits per heavy atom. The van der Waals surface area contributed by atoms with Gasteiger partial charge in [-0.05, 0) is 68.1 Å². The molecule has 2 rings (SSSR count). The Morgan fingerprint density at radius 3 is 2.15 bits per heavy atom. The maximum Gasteiger partial charge on any atom is 0.240 e. The highest BCUT2D eigenvalue weighted by Gasteiger charge is 2.18. The van der Waals surface area contributed by atoms with Crippen molar-refractivity contribution in [1.82, 2.24) is 4.72 Å². The van der Waals surface area contributed by atoms with Crippen LogP contribution >= 0.6 is 0 Å². The molecule has 2 aromatic carbocycles. The van der Waals surface area contributed by atoms with Gasteiger partial charge in [0, 0.05) is 25.7 Å². The van der Waals surface area contributed by atoms with Crippen molar-refractivity contribution in [2.75, 3.05) is 18.0 Å². The fraction of sp³-hybridized carbons (Fsp3) is 0.350. The molecule has 0 saturated heterocycles. The quantitative estimate of drug-likeness (QED) is 0.844. The van der Waals surface area contributed by atoms with E-state index in [0.29, 0.717) is 5.56 Å². The van der Waals surface area contributed by atoms with Crippen molar-refractivity contribution in [3.8, 4) is 0 Å². The largest absolute Gasteiger partial charge is 0.311 e. The maximum atomic E-state index is 12.6. The smallest absolute Gasteiger partial charge is 0.240 e. The standard InChI is InChI=1S/C20H26N2O3S/c1-14-6-7-17(4)20(13-14)26(24,25)21-8-9-22(18(5)23)19-11-15(2)10-16(3)12-19/h6-7,10-13,21H,8-9H2,1-5H3. The molecule has 6 heteroatoms. The van der Waals surface area contributed by atoms with Crippen LogP contribution in [0.25, 0.3) is 0 Å². The molecule has 0 aromatic heterocycles. The number of amides is 1. The summed E-state index contributed by atoms with van der Waals surface area (Å²) >= 11 is 0. The predicted octanol–water partition coefficient (Wildman–Crippen LogP) is 3.25. The average Bonchev–Trinajstić information content (AvgIpc) is 2.52. The number of carbonyl (C=O) groups excluding carboxylic acids is 1. The molecule has 2 aromatic rings. The molecule has 1 N–H and O–H groups in total. The van der Waals surface area contributed by atoms with Crippen LogP contribution in [0.5, 0.6) is 0 Å². The van der Waals surface area contributed by atoms with Gasteiger partial charge in [0.1, 0.15) is 0 Å². The van der Waals surface area contributed by atoms with Crippen molar-refractivity contribution in [3.63, 3.8) is 0 Å². The SMILES string of the molecule is CC(=O)N(CCNS(=O)(=O)c1cc(C)ccc1C)c1cc(C)cc(C)c1. The third-order valence-electron chi connectivity index (χ3n) is 4.16. The average molecular weight is 375 g/mol. The van der Waals surface area contributed by atoms with Gasteiger partial charge >= 0.3 is 0 Å². The zero-order valence-electron chi connectivity index (χ0n) is 16.0. The lowest BCUT2D eigenvalue weighted by Crippen LogP contribution is -2.37. The highest BCUT2D eigenvalue weighted by Crippen LogP contribution is 2.19. The summed E-state index contributed by atoms with van der Waals surface area (Å²) in [6.45, 7) is 9.46. The Bertz CT molecular complexity index is 900. The Balaban J connectivity index is 2.15. The van der Waals surface area contributed by atoms with E-state index in [1.807, 2.05) is 45.0 Å². The van der Waals surface area contributed by atoms with Crippen LogP contribution in [0.4, 0.5) is 5.69 Å². The lowest BCUT2D eigenvalue weighted by Gasteiger charge is -2.22. The van der Waals surface area contributed by atoms with E-state index in [4.69, 9.17) is 0 Å². The van der Waals surface area contributed by atoms with Crippen LogP contribution in [0, 0.1) is 27.7 Å². The third-order valence-corrected chi connectivity index (χ3v) is 5.76. The molecular formula is C20H26N2O3S. The van der Waals surface area contributed by atoms with Crippen LogP contribution in [0.1, 0.15) is 29.2 Å². The van der Waals surface area contributed by atoms with Gasteiger partial charge in [-0.2, -0.15) is 0 Å². The highest BCUT2D eigenvalue weighted by atomic mass is 32.2. The van der Waals surface area contributed by atoms with Crippen molar-refractivity contribution in [2.45, 2.75) is 39.5 Å². The van der Waals surface area contributed by atoms with E-state index in [1.165, 1.54) is 6.92 Å². The number of nitrogens with zero attached hydrogens (tertiary/aromatic N) is 1. The lowest BCUT2D eigenvalue weighted by atomic mass is 10.1. The third kappa shape index (κ3) is 4.93. The maximum absolute atomic E-state index is 12.6. The van der Waals surface area contributed by atoms with Gasteiger partial charge in [-0.15, -0.1) is 0 Å². The Hall–Kier alpha value is -2.18. The van der Waals surface area contributed by atoms with Crippen LogP contribution in [-0.2, 0) is 14.8 Å². The minimum Gasteiger partial charge on any atom is -0.311 e. The van der Waals surface area contributed by atoms with Gasteiger partial charge < -0.3 is 4.90 Å². The molecule has 5 nitrogen and oxygen atoms in total. The van der Waals surface area contributed by atoms with Crippen molar-refractivity contribution in [1.29, 1.82) is 0 Å². The monoisotopic (exact) mass is 374 g/mol. The van der Waals surface area contributed by atoms with E-state index < -0.39 is 10.0 Å². The van der Waals surface area contributed by atoms with Crippen molar-refractivity contribution >= 4 is 21.6 Å². The highest BCUT2D eigenvalue weighted by molar-refractivity contribution is 7.89. The zero-order chi connectivity index (χ0) is 19.5. The molecule has 0 heterocycles. The minimum atomic E-state index is -3.62. The molecule has 0 bridgehead atoms. The topological polar surface area (TPSA) is 66.5 Å². The van der Waals surface area contributed by atoms with Gasteiger partial charge in [-0.3, -0.25) is 4.79 Å². The summed E-state index contributed by atoms with van der Waals surface area (Å²) in [5, 5.41) is 0. The molecule has 26 heavy (non-hydrogen) atoms. The van der Waals surface area contributed by atoms with Crippen LogP contribution in [0.15, 0.2) is 41.3 Å². The molecule has 0 aliphatic heterocycles. The number of rotatable bonds is 6. The Labute approximate surface area is 156 Å². The fourth-order valence-corrected chi connectivity index (χ4v) is 4.29. The van der Waals surface area contributed by atoms with E-state index in [1.54, 1.807) is 24.0 Å². The van der Waals surface area contributed by atoms with Crippen LogP contribution in [0.3, 0.4) is 0 Å². The number of benzene rings is 2. The van der Waals surface area contributed by atoms with E-state index in [2.05, 4.69) is 4.72 Å². The molecule has 1 amide bonds. The molecule has 0 unspecified atom stereocenters. The van der Waals surface area contributed by atoms with Gasteiger partial charge in [-0.25, -0.2) is 13.1 Å². The second-order valence-electron chi connectivity index (χ2n) is 6.68. The van der Waals surface area contributed by atoms with Gasteiger partial charge in [0.25, 0.3) is 0 Å². The van der Waals surface area contributed by atoms with E-state index in [9.17, 15) is 13.2 Å². The Kier molecular flexibility index (Phi) is 6.21. The predicted molar refractivity (Wildman–Crippen MR) is 105 cm³/mol. The van der Waals surface area contributed by atoms with E-state index >= 15 is 0 Å². The summed E-state index contributed by atoms with van der Waals surface area (Å²) in [6, 6.07) is 11.2. The lowest BCUT2D eigenvalue weighted by molar-refractivity contribution is -0.116. The summed E-state index contributed by atoms with van der Waals surface area (Å²) in [6.07, 6.45) is 0. The molecule has 140 valence electrons. The van der Waals surface area contributed by atoms with Crippen molar-refractivity contribution in [3.05, 3.63) is 58.7 Å². The molecule has 0 fully saturated rings. The van der Waals surface area contributed by atoms with Gasteiger partial charge in [0.2, 0.25) is 15.9 Å². The first-order chi connectivity index (χ1) is 12.1. The second-order valence-corrected chi connectivity index (χ2v) is 8.42. The van der Waals surface area contributed by atoms with Crippen LogP contribution in [0.2, 0.25) is 0 Å². The van der Waals surface area contributed by atoms with Crippen LogP contribution < -0.4 is 9.62 Å². The molecule has 0 radical (unpaired) electrons. The number of nitrogens with one attached hydrogen (secondary N) is 1. The summed E-state index contributed by atoms with van der Waals surface area (Å²) in [4.78, 5) is 13.9. The molecule has 0 spiro atoms. The van der Waals surface area contributed by atoms with Crippen molar-refractivity contribution < 1.29 is 13.2 Å². The molecule has 0 saturated carbocycles. The fourth-order valence-electron chi connectivity index (χ4n) is 2.94. The van der Waals surface area contributed by atoms with Gasteiger partial charge in [0.15, 0.2) is 0 Å². The number of aryl methyl sites for hydroxylation is 4. The number of hydrogen-bond donors (Lipinski definition) is 1. The second kappa shape index (κ2) is 8.01. The molecule has 0 aliphatic carbocycles. The molecule has 0 aliphatic rings. The Morgan fingerprint density at radius 1 is 0.962 bits per heavy atom. The summed E-state index contributed by atoms with van der Waals surface area (Å²) in [5.74, 6) is -0.124.